The van der Waals surface area contributed by atoms with Gasteiger partial charge in [0.05, 0.1) is 30.4 Å². The minimum absolute atomic E-state index is 0.143. The highest BCUT2D eigenvalue weighted by Crippen LogP contribution is 2.42. The van der Waals surface area contributed by atoms with Crippen molar-refractivity contribution in [3.63, 3.8) is 0 Å². The number of nitrogens with zero attached hydrogens (tertiary/aromatic N) is 1. The molecule has 2 aromatic carbocycles. The number of rotatable bonds is 5. The van der Waals surface area contributed by atoms with E-state index in [0.29, 0.717) is 17.9 Å². The number of amides is 1. The van der Waals surface area contributed by atoms with E-state index in [-0.39, 0.29) is 29.5 Å². The van der Waals surface area contributed by atoms with Crippen LogP contribution in [0.3, 0.4) is 0 Å². The van der Waals surface area contributed by atoms with Crippen molar-refractivity contribution in [2.75, 3.05) is 20.3 Å². The number of carbonyl (C=O) groups excluding carboxylic acids is 2. The lowest BCUT2D eigenvalue weighted by Crippen LogP contribution is -2.36. The number of hydrogen-bond acceptors (Lipinski definition) is 5. The second kappa shape index (κ2) is 8.74. The molecule has 2 aromatic rings. The number of aryl methyl sites for hydroxylation is 2. The first kappa shape index (κ1) is 22.0. The number of Topliss-reactive ketones (excluding diaryl/α,β-unsaturated/α-hetero) is 1. The van der Waals surface area contributed by atoms with Crippen molar-refractivity contribution in [1.29, 1.82) is 0 Å². The molecular formula is C25H26FNO5. The lowest BCUT2D eigenvalue weighted by atomic mass is 9.93. The number of halogens is 1. The van der Waals surface area contributed by atoms with Gasteiger partial charge in [-0.05, 0) is 49.9 Å². The molecule has 6 nitrogen and oxygen atoms in total. The quantitative estimate of drug-likeness (QED) is 0.432. The van der Waals surface area contributed by atoms with Crippen molar-refractivity contribution in [3.8, 4) is 5.75 Å². The molecule has 32 heavy (non-hydrogen) atoms. The zero-order valence-corrected chi connectivity index (χ0v) is 18.4. The predicted molar refractivity (Wildman–Crippen MR) is 117 cm³/mol. The van der Waals surface area contributed by atoms with Crippen LogP contribution in [0.1, 0.15) is 41.1 Å². The number of benzene rings is 2. The molecular weight excluding hydrogens is 413 g/mol. The molecule has 1 N–H and O–H groups in total. The Labute approximate surface area is 186 Å². The van der Waals surface area contributed by atoms with Crippen molar-refractivity contribution in [2.45, 2.75) is 38.8 Å². The van der Waals surface area contributed by atoms with E-state index in [0.717, 1.165) is 24.0 Å². The van der Waals surface area contributed by atoms with E-state index in [1.165, 1.54) is 30.2 Å². The summed E-state index contributed by atoms with van der Waals surface area (Å²) >= 11 is 0. The largest absolute Gasteiger partial charge is 0.507 e. The standard InChI is InChI=1S/C25H26FNO5/c1-14-11-15(2)24(31-3)18(12-14)22(28)20-21(17-8-4-5-9-19(17)26)27(25(30)23(20)29)13-16-7-6-10-32-16/h4-5,8-9,11-12,16,21,28H,6-7,10,13H2,1-3H3/b22-20+. The zero-order valence-electron chi connectivity index (χ0n) is 18.4. The van der Waals surface area contributed by atoms with Crippen LogP contribution >= 0.6 is 0 Å². The Morgan fingerprint density at radius 1 is 1.25 bits per heavy atom. The van der Waals surface area contributed by atoms with Gasteiger partial charge >= 0.3 is 0 Å². The van der Waals surface area contributed by atoms with E-state index in [2.05, 4.69) is 0 Å². The third-order valence-corrected chi connectivity index (χ3v) is 6.04. The summed E-state index contributed by atoms with van der Waals surface area (Å²) in [5.41, 5.74) is 1.91. The Hall–Kier alpha value is -3.19. The lowest BCUT2D eigenvalue weighted by Gasteiger charge is -2.27. The van der Waals surface area contributed by atoms with Crippen LogP contribution in [0.15, 0.2) is 42.0 Å². The van der Waals surface area contributed by atoms with Gasteiger partial charge in [0.2, 0.25) is 0 Å². The maximum Gasteiger partial charge on any atom is 0.295 e. The summed E-state index contributed by atoms with van der Waals surface area (Å²) in [6, 6.07) is 8.50. The summed E-state index contributed by atoms with van der Waals surface area (Å²) in [5.74, 6) is -2.18. The van der Waals surface area contributed by atoms with Crippen LogP contribution in [-0.4, -0.2) is 48.1 Å². The fraction of sp³-hybridized carbons (Fsp3) is 0.360. The molecule has 2 fully saturated rings. The molecule has 2 aliphatic heterocycles. The normalized spacial score (nSPS) is 22.6. The number of carbonyl (C=O) groups is 2. The molecule has 7 heteroatoms. The lowest BCUT2D eigenvalue weighted by molar-refractivity contribution is -0.140. The molecule has 4 rings (SSSR count). The van der Waals surface area contributed by atoms with Gasteiger partial charge in [-0.1, -0.05) is 24.3 Å². The van der Waals surface area contributed by atoms with Crippen molar-refractivity contribution in [2.24, 2.45) is 0 Å². The van der Waals surface area contributed by atoms with Gasteiger partial charge in [0.25, 0.3) is 11.7 Å². The minimum atomic E-state index is -1.06. The molecule has 2 aliphatic rings. The number of hydrogen-bond donors (Lipinski definition) is 1. The summed E-state index contributed by atoms with van der Waals surface area (Å²) in [6.07, 6.45) is 1.37. The first-order valence-corrected chi connectivity index (χ1v) is 10.6. The number of methoxy groups -OCH3 is 1. The number of likely N-dealkylation sites (tertiary alicyclic amines) is 1. The summed E-state index contributed by atoms with van der Waals surface area (Å²) in [5, 5.41) is 11.3. The van der Waals surface area contributed by atoms with Gasteiger partial charge in [-0.25, -0.2) is 4.39 Å². The topological polar surface area (TPSA) is 76.1 Å². The number of ketones is 1. The third-order valence-electron chi connectivity index (χ3n) is 6.04. The molecule has 0 radical (unpaired) electrons. The van der Waals surface area contributed by atoms with Crippen LogP contribution in [0.5, 0.6) is 5.75 Å². The second-order valence-corrected chi connectivity index (χ2v) is 8.27. The molecule has 2 unspecified atom stereocenters. The predicted octanol–water partition coefficient (Wildman–Crippen LogP) is 4.05. The fourth-order valence-corrected chi connectivity index (χ4v) is 4.64. The zero-order chi connectivity index (χ0) is 23.0. The first-order chi connectivity index (χ1) is 15.3. The van der Waals surface area contributed by atoms with E-state index < -0.39 is 23.5 Å². The fourth-order valence-electron chi connectivity index (χ4n) is 4.64. The average Bonchev–Trinajstić information content (AvgIpc) is 3.36. The van der Waals surface area contributed by atoms with Crippen LogP contribution in [0, 0.1) is 19.7 Å². The Morgan fingerprint density at radius 3 is 2.66 bits per heavy atom. The van der Waals surface area contributed by atoms with Crippen molar-refractivity contribution in [1.82, 2.24) is 4.90 Å². The summed E-state index contributed by atoms with van der Waals surface area (Å²) in [7, 11) is 1.47. The van der Waals surface area contributed by atoms with Crippen molar-refractivity contribution in [3.05, 3.63) is 70.0 Å². The molecule has 1 amide bonds. The van der Waals surface area contributed by atoms with Gasteiger partial charge in [0.15, 0.2) is 0 Å². The molecule has 0 spiro atoms. The van der Waals surface area contributed by atoms with Crippen LogP contribution in [0.4, 0.5) is 4.39 Å². The monoisotopic (exact) mass is 439 g/mol. The van der Waals surface area contributed by atoms with Gasteiger partial charge in [0, 0.05) is 18.7 Å². The van der Waals surface area contributed by atoms with Gasteiger partial charge in [-0.2, -0.15) is 0 Å². The Balaban J connectivity index is 1.92. The smallest absolute Gasteiger partial charge is 0.295 e. The minimum Gasteiger partial charge on any atom is -0.507 e. The van der Waals surface area contributed by atoms with E-state index in [1.807, 2.05) is 19.9 Å². The summed E-state index contributed by atoms with van der Waals surface area (Å²) in [4.78, 5) is 27.5. The summed E-state index contributed by atoms with van der Waals surface area (Å²) < 4.78 is 26.0. The highest BCUT2D eigenvalue weighted by molar-refractivity contribution is 6.46. The highest BCUT2D eigenvalue weighted by atomic mass is 19.1. The Kier molecular flexibility index (Phi) is 6.02. The van der Waals surface area contributed by atoms with Crippen LogP contribution < -0.4 is 4.74 Å². The molecule has 168 valence electrons. The number of aliphatic hydroxyl groups is 1. The Bertz CT molecular complexity index is 1100. The third kappa shape index (κ3) is 3.77. The van der Waals surface area contributed by atoms with Gasteiger partial charge in [-0.3, -0.25) is 9.59 Å². The van der Waals surface area contributed by atoms with Gasteiger partial charge in [0.1, 0.15) is 17.3 Å². The number of ether oxygens (including phenoxy) is 2. The van der Waals surface area contributed by atoms with E-state index >= 15 is 0 Å². The first-order valence-electron chi connectivity index (χ1n) is 10.6. The van der Waals surface area contributed by atoms with Gasteiger partial charge < -0.3 is 19.5 Å². The van der Waals surface area contributed by atoms with Crippen LogP contribution in [-0.2, 0) is 14.3 Å². The van der Waals surface area contributed by atoms with Crippen molar-refractivity contribution >= 4 is 17.4 Å². The number of aliphatic hydroxyl groups excluding tert-OH is 1. The van der Waals surface area contributed by atoms with E-state index in [9.17, 15) is 19.1 Å². The molecule has 2 saturated heterocycles. The van der Waals surface area contributed by atoms with Crippen molar-refractivity contribution < 1.29 is 28.6 Å². The molecule has 2 atom stereocenters. The molecule has 0 saturated carbocycles. The van der Waals surface area contributed by atoms with Crippen LogP contribution in [0.25, 0.3) is 5.76 Å². The SMILES string of the molecule is COc1c(C)cc(C)cc1/C(O)=C1\C(=O)C(=O)N(CC2CCCO2)C1c1ccccc1F. The van der Waals surface area contributed by atoms with E-state index in [4.69, 9.17) is 9.47 Å². The Morgan fingerprint density at radius 2 is 2.00 bits per heavy atom. The molecule has 0 aromatic heterocycles. The van der Waals surface area contributed by atoms with E-state index in [1.54, 1.807) is 12.1 Å². The maximum atomic E-state index is 14.9. The maximum absolute atomic E-state index is 14.9. The summed E-state index contributed by atoms with van der Waals surface area (Å²) in [6.45, 7) is 4.41. The second-order valence-electron chi connectivity index (χ2n) is 8.27. The highest BCUT2D eigenvalue weighted by Gasteiger charge is 2.48. The average molecular weight is 439 g/mol. The van der Waals surface area contributed by atoms with Crippen LogP contribution in [0.2, 0.25) is 0 Å². The molecule has 2 heterocycles. The molecule has 0 aliphatic carbocycles. The molecule has 0 bridgehead atoms. The van der Waals surface area contributed by atoms with Gasteiger partial charge in [-0.15, -0.1) is 0 Å².